The van der Waals surface area contributed by atoms with Crippen molar-refractivity contribution >= 4 is 43.6 Å². The van der Waals surface area contributed by atoms with Crippen molar-refractivity contribution in [3.05, 3.63) is 146 Å². The fraction of sp³-hybridized carbons (Fsp3) is 0. The van der Waals surface area contributed by atoms with Crippen LogP contribution >= 0.6 is 0 Å². The van der Waals surface area contributed by atoms with Crippen molar-refractivity contribution in [3.8, 4) is 45.3 Å². The summed E-state index contributed by atoms with van der Waals surface area (Å²) in [5.41, 5.74) is 6.40. The van der Waals surface area contributed by atoms with Crippen LogP contribution in [0.2, 0.25) is 0 Å². The van der Waals surface area contributed by atoms with E-state index in [1.807, 2.05) is 42.5 Å². The number of fused-ring (bicyclic) bond motifs is 5. The predicted molar refractivity (Wildman–Crippen MR) is 182 cm³/mol. The minimum absolute atomic E-state index is 0.582. The fourth-order valence-electron chi connectivity index (χ4n) is 6.13. The van der Waals surface area contributed by atoms with E-state index in [2.05, 4.69) is 102 Å². The summed E-state index contributed by atoms with van der Waals surface area (Å²) in [4.78, 5) is 19.7. The Hall–Kier alpha value is -6.20. The van der Waals surface area contributed by atoms with Gasteiger partial charge in [0.2, 0.25) is 5.71 Å². The maximum atomic E-state index is 6.11. The topological polar surface area (TPSA) is 64.7 Å². The Morgan fingerprint density at radius 1 is 0.422 bits per heavy atom. The SMILES string of the molecule is c1ccc(-c2ccc3ccc(-c4nc(-c5ccc6ccccc6c5)nc(-c5cccc6oc7ncccc7c56)n4)cc3c2)cc1. The lowest BCUT2D eigenvalue weighted by molar-refractivity contribution is 0.654. The summed E-state index contributed by atoms with van der Waals surface area (Å²) in [5.74, 6) is 1.80. The molecule has 0 radical (unpaired) electrons. The Bertz CT molecular complexity index is 2550. The molecule has 0 aliphatic rings. The zero-order valence-electron chi connectivity index (χ0n) is 24.1. The molecule has 0 saturated carbocycles. The predicted octanol–water partition coefficient (Wildman–Crippen LogP) is 10.1. The van der Waals surface area contributed by atoms with Gasteiger partial charge in [-0.25, -0.2) is 19.9 Å². The number of aromatic nitrogens is 4. The Morgan fingerprint density at radius 2 is 1.07 bits per heavy atom. The number of nitrogens with zero attached hydrogens (tertiary/aromatic N) is 4. The Kier molecular flexibility index (Phi) is 5.74. The molecule has 5 nitrogen and oxygen atoms in total. The average Bonchev–Trinajstić information content (AvgIpc) is 3.50. The highest BCUT2D eigenvalue weighted by Gasteiger charge is 2.18. The van der Waals surface area contributed by atoms with Crippen molar-refractivity contribution in [2.75, 3.05) is 0 Å². The fourth-order valence-corrected chi connectivity index (χ4v) is 6.13. The largest absolute Gasteiger partial charge is 0.438 e. The van der Waals surface area contributed by atoms with Gasteiger partial charge in [-0.3, -0.25) is 0 Å². The first-order chi connectivity index (χ1) is 22.3. The van der Waals surface area contributed by atoms with E-state index in [1.165, 1.54) is 16.5 Å². The lowest BCUT2D eigenvalue weighted by Gasteiger charge is -2.11. The molecule has 0 unspecified atom stereocenters. The van der Waals surface area contributed by atoms with Crippen LogP contribution in [0.1, 0.15) is 0 Å². The summed E-state index contributed by atoms with van der Waals surface area (Å²) in [6.45, 7) is 0. The molecule has 0 spiro atoms. The highest BCUT2D eigenvalue weighted by atomic mass is 16.3. The van der Waals surface area contributed by atoms with Gasteiger partial charge in [0.1, 0.15) is 5.58 Å². The normalized spacial score (nSPS) is 11.6. The summed E-state index contributed by atoms with van der Waals surface area (Å²) in [7, 11) is 0. The molecule has 3 heterocycles. The maximum absolute atomic E-state index is 6.11. The average molecular weight is 577 g/mol. The van der Waals surface area contributed by atoms with Crippen molar-refractivity contribution in [2.24, 2.45) is 0 Å². The third kappa shape index (κ3) is 4.41. The van der Waals surface area contributed by atoms with Gasteiger partial charge in [0.05, 0.1) is 0 Å². The van der Waals surface area contributed by atoms with E-state index < -0.39 is 0 Å². The number of hydrogen-bond acceptors (Lipinski definition) is 5. The lowest BCUT2D eigenvalue weighted by Crippen LogP contribution is -2.00. The van der Waals surface area contributed by atoms with Crippen molar-refractivity contribution in [2.45, 2.75) is 0 Å². The minimum atomic E-state index is 0.582. The second-order valence-corrected chi connectivity index (χ2v) is 11.1. The summed E-state index contributed by atoms with van der Waals surface area (Å²) in [6.07, 6.45) is 1.74. The molecular formula is C40H24N4O. The molecule has 45 heavy (non-hydrogen) atoms. The van der Waals surface area contributed by atoms with Gasteiger partial charge < -0.3 is 4.42 Å². The van der Waals surface area contributed by atoms with E-state index in [0.717, 1.165) is 49.2 Å². The van der Waals surface area contributed by atoms with Crippen LogP contribution in [-0.2, 0) is 0 Å². The molecule has 0 atom stereocenters. The molecule has 6 aromatic carbocycles. The molecule has 0 aliphatic carbocycles. The molecular weight excluding hydrogens is 552 g/mol. The minimum Gasteiger partial charge on any atom is -0.438 e. The van der Waals surface area contributed by atoms with Gasteiger partial charge >= 0.3 is 0 Å². The van der Waals surface area contributed by atoms with Crippen LogP contribution in [0.15, 0.2) is 150 Å². The summed E-state index contributed by atoms with van der Waals surface area (Å²) in [6, 6.07) is 48.0. The van der Waals surface area contributed by atoms with Gasteiger partial charge in [-0.05, 0) is 69.1 Å². The molecule has 210 valence electrons. The van der Waals surface area contributed by atoms with E-state index >= 15 is 0 Å². The summed E-state index contributed by atoms with van der Waals surface area (Å²) >= 11 is 0. The van der Waals surface area contributed by atoms with Crippen molar-refractivity contribution < 1.29 is 4.42 Å². The van der Waals surface area contributed by atoms with E-state index in [4.69, 9.17) is 19.4 Å². The quantitative estimate of drug-likeness (QED) is 0.209. The highest BCUT2D eigenvalue weighted by molar-refractivity contribution is 6.10. The van der Waals surface area contributed by atoms with Gasteiger partial charge in [-0.1, -0.05) is 103 Å². The van der Waals surface area contributed by atoms with Crippen LogP contribution in [0.3, 0.4) is 0 Å². The summed E-state index contributed by atoms with van der Waals surface area (Å²) < 4.78 is 6.11. The number of rotatable bonds is 4. The van der Waals surface area contributed by atoms with E-state index in [1.54, 1.807) is 6.20 Å². The van der Waals surface area contributed by atoms with Crippen LogP contribution in [0.4, 0.5) is 0 Å². The smallest absolute Gasteiger partial charge is 0.227 e. The number of pyridine rings is 1. The molecule has 0 fully saturated rings. The van der Waals surface area contributed by atoms with Crippen molar-refractivity contribution in [1.82, 2.24) is 19.9 Å². The molecule has 0 aliphatic heterocycles. The first-order valence-corrected chi connectivity index (χ1v) is 14.9. The van der Waals surface area contributed by atoms with E-state index in [-0.39, 0.29) is 0 Å². The van der Waals surface area contributed by atoms with Gasteiger partial charge in [-0.15, -0.1) is 0 Å². The number of hydrogen-bond donors (Lipinski definition) is 0. The van der Waals surface area contributed by atoms with E-state index in [0.29, 0.717) is 23.2 Å². The molecule has 0 bridgehead atoms. The lowest BCUT2D eigenvalue weighted by atomic mass is 9.99. The zero-order chi connectivity index (χ0) is 29.7. The van der Waals surface area contributed by atoms with Crippen molar-refractivity contribution in [3.63, 3.8) is 0 Å². The first-order valence-electron chi connectivity index (χ1n) is 14.9. The summed E-state index contributed by atoms with van der Waals surface area (Å²) in [5, 5.41) is 6.44. The van der Waals surface area contributed by atoms with Crippen LogP contribution in [-0.4, -0.2) is 19.9 Å². The molecule has 0 amide bonds. The Labute approximate surface area is 258 Å². The van der Waals surface area contributed by atoms with Gasteiger partial charge in [0.15, 0.2) is 17.5 Å². The zero-order valence-corrected chi connectivity index (χ0v) is 24.1. The van der Waals surface area contributed by atoms with Crippen molar-refractivity contribution in [1.29, 1.82) is 0 Å². The van der Waals surface area contributed by atoms with Crippen LogP contribution in [0, 0.1) is 0 Å². The second kappa shape index (κ2) is 10.2. The number of furan rings is 1. The third-order valence-corrected chi connectivity index (χ3v) is 8.36. The molecule has 3 aromatic heterocycles. The van der Waals surface area contributed by atoms with E-state index in [9.17, 15) is 0 Å². The molecule has 9 aromatic rings. The number of benzene rings is 6. The Balaban J connectivity index is 1.27. The Morgan fingerprint density at radius 3 is 1.87 bits per heavy atom. The first kappa shape index (κ1) is 25.3. The molecule has 0 N–H and O–H groups in total. The molecule has 0 saturated heterocycles. The van der Waals surface area contributed by atoms with Crippen LogP contribution in [0.5, 0.6) is 0 Å². The van der Waals surface area contributed by atoms with Gasteiger partial charge in [-0.2, -0.15) is 0 Å². The molecule has 9 rings (SSSR count). The van der Waals surface area contributed by atoms with Gasteiger partial charge in [0, 0.05) is 33.7 Å². The monoisotopic (exact) mass is 576 g/mol. The highest BCUT2D eigenvalue weighted by Crippen LogP contribution is 2.36. The third-order valence-electron chi connectivity index (χ3n) is 8.36. The van der Waals surface area contributed by atoms with Crippen LogP contribution in [0.25, 0.3) is 88.9 Å². The standard InChI is InChI=1S/C40H24N4O/c1-2-8-25(9-3-1)29-18-15-27-17-20-31(24-32(27)23-29)38-42-37(30-19-16-26-10-4-5-11-28(26)22-30)43-39(44-38)33-12-6-14-35-36(33)34-13-7-21-41-40(34)45-35/h1-24H. The second-order valence-electron chi connectivity index (χ2n) is 11.1. The van der Waals surface area contributed by atoms with Crippen LogP contribution < -0.4 is 0 Å². The molecule has 5 heteroatoms. The van der Waals surface area contributed by atoms with Gasteiger partial charge in [0.25, 0.3) is 0 Å². The maximum Gasteiger partial charge on any atom is 0.227 e.